The third-order valence-electron chi connectivity index (χ3n) is 2.47. The maximum Gasteiger partial charge on any atom is 0.315 e. The second-order valence-corrected chi connectivity index (χ2v) is 3.45. The highest BCUT2D eigenvalue weighted by atomic mass is 16.4. The van der Waals surface area contributed by atoms with Gasteiger partial charge in [-0.1, -0.05) is 6.92 Å². The zero-order valence-corrected chi connectivity index (χ0v) is 7.56. The molecule has 0 bridgehead atoms. The van der Waals surface area contributed by atoms with Crippen LogP contribution in [0.25, 0.3) is 0 Å². The van der Waals surface area contributed by atoms with E-state index in [1.54, 1.807) is 6.92 Å². The molecule has 5 nitrogen and oxygen atoms in total. The molecule has 3 N–H and O–H groups in total. The number of carbonyl (C=O) groups is 2. The van der Waals surface area contributed by atoms with E-state index in [0.717, 1.165) is 6.42 Å². The second kappa shape index (κ2) is 3.64. The van der Waals surface area contributed by atoms with Gasteiger partial charge in [0.05, 0.1) is 5.92 Å². The summed E-state index contributed by atoms with van der Waals surface area (Å²) < 4.78 is 0. The molecule has 0 aromatic carbocycles. The number of carboxylic acids is 1. The first-order valence-corrected chi connectivity index (χ1v) is 4.31. The van der Waals surface area contributed by atoms with Gasteiger partial charge in [-0.15, -0.1) is 0 Å². The lowest BCUT2D eigenvalue weighted by Gasteiger charge is -2.40. The lowest BCUT2D eigenvalue weighted by Crippen LogP contribution is -2.54. The number of hydrogen-bond acceptors (Lipinski definition) is 2. The Balaban J connectivity index is 2.38. The van der Waals surface area contributed by atoms with Gasteiger partial charge in [-0.3, -0.25) is 4.79 Å². The Morgan fingerprint density at radius 2 is 2.31 bits per heavy atom. The minimum atomic E-state index is -0.823. The van der Waals surface area contributed by atoms with E-state index in [1.807, 2.05) is 0 Å². The fourth-order valence-electron chi connectivity index (χ4n) is 1.48. The Hall–Kier alpha value is -1.26. The molecule has 0 aliphatic carbocycles. The van der Waals surface area contributed by atoms with Crippen LogP contribution in [-0.4, -0.2) is 34.6 Å². The maximum atomic E-state index is 10.7. The van der Waals surface area contributed by atoms with Crippen LogP contribution in [0.5, 0.6) is 0 Å². The molecule has 0 saturated carbocycles. The van der Waals surface area contributed by atoms with E-state index >= 15 is 0 Å². The summed E-state index contributed by atoms with van der Waals surface area (Å²) in [5.41, 5.74) is 5.08. The Kier molecular flexibility index (Phi) is 2.75. The van der Waals surface area contributed by atoms with Crippen molar-refractivity contribution in [3.8, 4) is 0 Å². The quantitative estimate of drug-likeness (QED) is 0.662. The summed E-state index contributed by atoms with van der Waals surface area (Å²) in [6.07, 6.45) is 1.36. The van der Waals surface area contributed by atoms with E-state index in [9.17, 15) is 9.59 Å². The molecule has 13 heavy (non-hydrogen) atoms. The summed E-state index contributed by atoms with van der Waals surface area (Å²) in [5.74, 6) is -1.23. The highest BCUT2D eigenvalue weighted by Crippen LogP contribution is 2.23. The third kappa shape index (κ3) is 2.11. The van der Waals surface area contributed by atoms with Gasteiger partial charge in [0.1, 0.15) is 0 Å². The number of rotatable bonds is 3. The molecule has 5 heteroatoms. The first-order valence-electron chi connectivity index (χ1n) is 4.31. The van der Waals surface area contributed by atoms with Crippen molar-refractivity contribution in [2.45, 2.75) is 25.8 Å². The number of aliphatic carboxylic acids is 1. The number of carbonyl (C=O) groups excluding carboxylic acids is 1. The van der Waals surface area contributed by atoms with E-state index in [-0.39, 0.29) is 6.04 Å². The molecule has 1 rings (SSSR count). The van der Waals surface area contributed by atoms with Gasteiger partial charge >= 0.3 is 12.0 Å². The van der Waals surface area contributed by atoms with Gasteiger partial charge in [0.15, 0.2) is 0 Å². The molecular formula is C8H14N2O3. The normalized spacial score (nSPS) is 23.5. The van der Waals surface area contributed by atoms with Crippen LogP contribution in [0.3, 0.4) is 0 Å². The molecule has 1 heterocycles. The Morgan fingerprint density at radius 1 is 1.69 bits per heavy atom. The highest BCUT2D eigenvalue weighted by Gasteiger charge is 2.32. The summed E-state index contributed by atoms with van der Waals surface area (Å²) in [4.78, 5) is 22.8. The SMILES string of the molecule is CC(CC1CCN1C(N)=O)C(=O)O. The van der Waals surface area contributed by atoms with Crippen LogP contribution in [0.2, 0.25) is 0 Å². The largest absolute Gasteiger partial charge is 0.481 e. The molecule has 1 aliphatic rings. The van der Waals surface area contributed by atoms with E-state index in [0.29, 0.717) is 13.0 Å². The van der Waals surface area contributed by atoms with Gasteiger partial charge in [0, 0.05) is 12.6 Å². The molecule has 1 fully saturated rings. The number of nitrogens with two attached hydrogens (primary N) is 1. The standard InChI is InChI=1S/C8H14N2O3/c1-5(7(11)12)4-6-2-3-10(6)8(9)13/h5-6H,2-4H2,1H3,(H2,9,13)(H,11,12). The van der Waals surface area contributed by atoms with Crippen molar-refractivity contribution in [2.75, 3.05) is 6.54 Å². The van der Waals surface area contributed by atoms with E-state index in [2.05, 4.69) is 0 Å². The average molecular weight is 186 g/mol. The lowest BCUT2D eigenvalue weighted by molar-refractivity contribution is -0.142. The molecule has 0 spiro atoms. The molecule has 0 radical (unpaired) electrons. The number of urea groups is 1. The topological polar surface area (TPSA) is 83.6 Å². The molecule has 2 amide bonds. The lowest BCUT2D eigenvalue weighted by atomic mass is 9.93. The molecule has 0 aromatic rings. The van der Waals surface area contributed by atoms with Gasteiger partial charge in [-0.05, 0) is 12.8 Å². The van der Waals surface area contributed by atoms with Crippen molar-refractivity contribution in [2.24, 2.45) is 11.7 Å². The van der Waals surface area contributed by atoms with E-state index in [4.69, 9.17) is 10.8 Å². The van der Waals surface area contributed by atoms with E-state index in [1.165, 1.54) is 4.90 Å². The van der Waals surface area contributed by atoms with Crippen LogP contribution in [0.15, 0.2) is 0 Å². The predicted octanol–water partition coefficient (Wildman–Crippen LogP) is 0.250. The molecule has 74 valence electrons. The van der Waals surface area contributed by atoms with Crippen LogP contribution in [0, 0.1) is 5.92 Å². The van der Waals surface area contributed by atoms with Gasteiger partial charge in [0.2, 0.25) is 0 Å². The van der Waals surface area contributed by atoms with Crippen LogP contribution in [0.1, 0.15) is 19.8 Å². The van der Waals surface area contributed by atoms with Crippen molar-refractivity contribution >= 4 is 12.0 Å². The molecule has 1 saturated heterocycles. The highest BCUT2D eigenvalue weighted by molar-refractivity contribution is 5.74. The minimum Gasteiger partial charge on any atom is -0.481 e. The summed E-state index contributed by atoms with van der Waals surface area (Å²) in [6, 6.07) is -0.419. The van der Waals surface area contributed by atoms with Crippen molar-refractivity contribution in [1.29, 1.82) is 0 Å². The fourth-order valence-corrected chi connectivity index (χ4v) is 1.48. The van der Waals surface area contributed by atoms with Crippen LogP contribution in [0.4, 0.5) is 4.79 Å². The summed E-state index contributed by atoms with van der Waals surface area (Å²) in [7, 11) is 0. The maximum absolute atomic E-state index is 10.7. The van der Waals surface area contributed by atoms with Crippen molar-refractivity contribution in [1.82, 2.24) is 4.90 Å². The van der Waals surface area contributed by atoms with Crippen LogP contribution >= 0.6 is 0 Å². The third-order valence-corrected chi connectivity index (χ3v) is 2.47. The molecular weight excluding hydrogens is 172 g/mol. The number of likely N-dealkylation sites (tertiary alicyclic amines) is 1. The summed E-state index contributed by atoms with van der Waals surface area (Å²) in [6.45, 7) is 2.30. The minimum absolute atomic E-state index is 0.0311. The number of primary amides is 1. The van der Waals surface area contributed by atoms with Gasteiger partial charge in [-0.25, -0.2) is 4.79 Å². The van der Waals surface area contributed by atoms with Crippen LogP contribution < -0.4 is 5.73 Å². The smallest absolute Gasteiger partial charge is 0.315 e. The Morgan fingerprint density at radius 3 is 2.62 bits per heavy atom. The second-order valence-electron chi connectivity index (χ2n) is 3.45. The van der Waals surface area contributed by atoms with Crippen LogP contribution in [-0.2, 0) is 4.79 Å². The monoisotopic (exact) mass is 186 g/mol. The molecule has 2 unspecified atom stereocenters. The summed E-state index contributed by atoms with van der Waals surface area (Å²) in [5, 5.41) is 8.64. The number of amides is 2. The molecule has 2 atom stereocenters. The number of nitrogens with zero attached hydrogens (tertiary/aromatic N) is 1. The first-order chi connectivity index (χ1) is 6.02. The van der Waals surface area contributed by atoms with Crippen molar-refractivity contribution < 1.29 is 14.7 Å². The zero-order valence-electron chi connectivity index (χ0n) is 7.56. The van der Waals surface area contributed by atoms with Crippen molar-refractivity contribution in [3.05, 3.63) is 0 Å². The Bertz CT molecular complexity index is 229. The zero-order chi connectivity index (χ0) is 10.0. The molecule has 1 aliphatic heterocycles. The van der Waals surface area contributed by atoms with Gasteiger partial charge in [-0.2, -0.15) is 0 Å². The van der Waals surface area contributed by atoms with Crippen molar-refractivity contribution in [3.63, 3.8) is 0 Å². The van der Waals surface area contributed by atoms with E-state index < -0.39 is 17.9 Å². The number of hydrogen-bond donors (Lipinski definition) is 2. The average Bonchev–Trinajstić information content (AvgIpc) is 1.95. The van der Waals surface area contributed by atoms with Gasteiger partial charge in [0.25, 0.3) is 0 Å². The Labute approximate surface area is 76.5 Å². The molecule has 0 aromatic heterocycles. The fraction of sp³-hybridized carbons (Fsp3) is 0.750. The summed E-state index contributed by atoms with van der Waals surface area (Å²) >= 11 is 0. The predicted molar refractivity (Wildman–Crippen MR) is 46.1 cm³/mol. The van der Waals surface area contributed by atoms with Gasteiger partial charge < -0.3 is 15.7 Å². The first kappa shape index (κ1) is 9.83. The number of carboxylic acid groups (broad SMARTS) is 1.